The Morgan fingerprint density at radius 1 is 1.03 bits per heavy atom. The number of rotatable bonds is 8. The van der Waals surface area contributed by atoms with E-state index in [1.165, 1.54) is 48.9 Å². The third-order valence-corrected chi connectivity index (χ3v) is 9.43. The van der Waals surface area contributed by atoms with Crippen molar-refractivity contribution in [1.29, 1.82) is 0 Å². The molecule has 6 rings (SSSR count). The molecule has 4 aliphatic rings. The second-order valence-corrected chi connectivity index (χ2v) is 12.3. The van der Waals surface area contributed by atoms with Gasteiger partial charge in [0.25, 0.3) is 10.0 Å². The van der Waals surface area contributed by atoms with Crippen LogP contribution in [-0.4, -0.2) is 31.8 Å². The number of hydrogen-bond acceptors (Lipinski definition) is 6. The Hall–Kier alpha value is -2.46. The molecule has 4 saturated carbocycles. The molecule has 1 aromatic heterocycles. The molecule has 0 unspecified atom stereocenters. The van der Waals surface area contributed by atoms with Gasteiger partial charge in [-0.25, -0.2) is 13.4 Å². The molecule has 176 valence electrons. The van der Waals surface area contributed by atoms with E-state index in [0.717, 1.165) is 19.3 Å². The average molecular weight is 489 g/mol. The molecule has 2 aromatic rings. The molecule has 4 aliphatic carbocycles. The number of nitrogens with zero attached hydrogens (tertiary/aromatic N) is 1. The van der Waals surface area contributed by atoms with Crippen molar-refractivity contribution in [3.8, 4) is 0 Å². The average Bonchev–Trinajstić information content (AvgIpc) is 3.25. The minimum absolute atomic E-state index is 0.0820. The largest absolute Gasteiger partial charge is 0.355 e. The summed E-state index contributed by atoms with van der Waals surface area (Å²) in [5.41, 5.74) is 0.291. The molecule has 33 heavy (non-hydrogen) atoms. The summed E-state index contributed by atoms with van der Waals surface area (Å²) in [7, 11) is -3.73. The predicted octanol–water partition coefficient (Wildman–Crippen LogP) is 3.61. The number of nitrogens with one attached hydrogen (secondary N) is 3. The molecule has 4 fully saturated rings. The van der Waals surface area contributed by atoms with Gasteiger partial charge in [0, 0.05) is 35.6 Å². The summed E-state index contributed by atoms with van der Waals surface area (Å²) in [4.78, 5) is 29.3. The fraction of sp³-hybridized carbons (Fsp3) is 0.522. The molecule has 3 N–H and O–H groups in total. The molecule has 0 radical (unpaired) electrons. The van der Waals surface area contributed by atoms with Crippen LogP contribution in [0.1, 0.15) is 44.9 Å². The molecule has 1 heterocycles. The van der Waals surface area contributed by atoms with E-state index in [1.54, 1.807) is 17.5 Å². The monoisotopic (exact) mass is 488 g/mol. The van der Waals surface area contributed by atoms with Gasteiger partial charge in [-0.1, -0.05) is 0 Å². The first-order chi connectivity index (χ1) is 15.8. The lowest BCUT2D eigenvalue weighted by molar-refractivity contribution is -0.146. The van der Waals surface area contributed by atoms with Gasteiger partial charge in [0.2, 0.25) is 11.8 Å². The SMILES string of the molecule is O=C(CCNC(=O)C12CC3CC(CC(C3)C1)C2)Nc1ccc(S(=O)(=O)Nc2nccs2)cc1. The maximum atomic E-state index is 13.0. The van der Waals surface area contributed by atoms with Gasteiger partial charge in [-0.15, -0.1) is 11.3 Å². The van der Waals surface area contributed by atoms with Gasteiger partial charge in [-0.2, -0.15) is 0 Å². The van der Waals surface area contributed by atoms with Gasteiger partial charge < -0.3 is 10.6 Å². The van der Waals surface area contributed by atoms with Crippen LogP contribution in [0.4, 0.5) is 10.8 Å². The highest BCUT2D eigenvalue weighted by Crippen LogP contribution is 2.60. The predicted molar refractivity (Wildman–Crippen MR) is 126 cm³/mol. The molecule has 8 nitrogen and oxygen atoms in total. The van der Waals surface area contributed by atoms with Crippen molar-refractivity contribution in [2.24, 2.45) is 23.2 Å². The molecule has 2 amide bonds. The van der Waals surface area contributed by atoms with E-state index in [9.17, 15) is 18.0 Å². The lowest BCUT2D eigenvalue weighted by atomic mass is 9.49. The summed E-state index contributed by atoms with van der Waals surface area (Å²) in [5, 5.41) is 7.75. The quantitative estimate of drug-likeness (QED) is 0.525. The molecular formula is C23H28N4O4S2. The van der Waals surface area contributed by atoms with Crippen molar-refractivity contribution >= 4 is 44.0 Å². The normalized spacial score (nSPS) is 27.8. The third kappa shape index (κ3) is 4.77. The Labute approximate surface area is 197 Å². The summed E-state index contributed by atoms with van der Waals surface area (Å²) in [6.45, 7) is 0.302. The lowest BCUT2D eigenvalue weighted by Crippen LogP contribution is -2.53. The second-order valence-electron chi connectivity index (χ2n) is 9.72. The molecule has 4 bridgehead atoms. The summed E-state index contributed by atoms with van der Waals surface area (Å²) >= 11 is 1.19. The molecule has 0 atom stereocenters. The topological polar surface area (TPSA) is 117 Å². The first-order valence-corrected chi connectivity index (χ1v) is 13.8. The van der Waals surface area contributed by atoms with Crippen LogP contribution in [0.5, 0.6) is 0 Å². The van der Waals surface area contributed by atoms with Crippen LogP contribution in [-0.2, 0) is 19.6 Å². The number of sulfonamides is 1. The van der Waals surface area contributed by atoms with Gasteiger partial charge in [-0.05, 0) is 80.5 Å². The van der Waals surface area contributed by atoms with E-state index in [0.29, 0.717) is 35.1 Å². The third-order valence-electron chi connectivity index (χ3n) is 7.26. The maximum Gasteiger partial charge on any atom is 0.263 e. The Kier molecular flexibility index (Phi) is 5.90. The number of hydrogen-bond donors (Lipinski definition) is 3. The summed E-state index contributed by atoms with van der Waals surface area (Å²) in [6, 6.07) is 5.95. The summed E-state index contributed by atoms with van der Waals surface area (Å²) in [5.74, 6) is 2.01. The van der Waals surface area contributed by atoms with E-state index >= 15 is 0 Å². The zero-order valence-corrected chi connectivity index (χ0v) is 19.9. The minimum Gasteiger partial charge on any atom is -0.355 e. The van der Waals surface area contributed by atoms with E-state index in [2.05, 4.69) is 20.3 Å². The number of anilines is 2. The van der Waals surface area contributed by atoms with Crippen LogP contribution in [0, 0.1) is 23.2 Å². The lowest BCUT2D eigenvalue weighted by Gasteiger charge is -2.55. The zero-order chi connectivity index (χ0) is 23.1. The van der Waals surface area contributed by atoms with Crippen LogP contribution < -0.4 is 15.4 Å². The second kappa shape index (κ2) is 8.72. The van der Waals surface area contributed by atoms with Gasteiger partial charge in [0.05, 0.1) is 4.90 Å². The number of aromatic nitrogens is 1. The van der Waals surface area contributed by atoms with Crippen LogP contribution in [0.3, 0.4) is 0 Å². The van der Waals surface area contributed by atoms with Crippen LogP contribution >= 0.6 is 11.3 Å². The van der Waals surface area contributed by atoms with Crippen molar-refractivity contribution in [1.82, 2.24) is 10.3 Å². The van der Waals surface area contributed by atoms with Gasteiger partial charge >= 0.3 is 0 Å². The highest BCUT2D eigenvalue weighted by Gasteiger charge is 2.54. The number of carbonyl (C=O) groups excluding carboxylic acids is 2. The molecule has 1 aromatic carbocycles. The Morgan fingerprint density at radius 3 is 2.24 bits per heavy atom. The highest BCUT2D eigenvalue weighted by atomic mass is 32.2. The minimum atomic E-state index is -3.73. The van der Waals surface area contributed by atoms with Crippen molar-refractivity contribution in [2.75, 3.05) is 16.6 Å². The zero-order valence-electron chi connectivity index (χ0n) is 18.2. The van der Waals surface area contributed by atoms with Crippen molar-refractivity contribution in [3.05, 3.63) is 35.8 Å². The van der Waals surface area contributed by atoms with Crippen LogP contribution in [0.2, 0.25) is 0 Å². The van der Waals surface area contributed by atoms with Gasteiger partial charge in [-0.3, -0.25) is 14.3 Å². The Bertz CT molecular complexity index is 1090. The van der Waals surface area contributed by atoms with E-state index < -0.39 is 10.0 Å². The van der Waals surface area contributed by atoms with Crippen molar-refractivity contribution in [2.45, 2.75) is 49.8 Å². The maximum absolute atomic E-state index is 13.0. The van der Waals surface area contributed by atoms with Crippen molar-refractivity contribution in [3.63, 3.8) is 0 Å². The number of thiazole rings is 1. The van der Waals surface area contributed by atoms with E-state index in [1.807, 2.05) is 0 Å². The fourth-order valence-electron chi connectivity index (χ4n) is 6.25. The standard InChI is InChI=1S/C23H28N4O4S2/c28-20(5-6-24-21(29)23-12-15-9-16(13-23)11-17(10-15)14-23)26-18-1-3-19(4-2-18)33(30,31)27-22-25-7-8-32-22/h1-4,7-8,15-17H,5-6,9-14H2,(H,24,29)(H,25,27)(H,26,28). The summed E-state index contributed by atoms with van der Waals surface area (Å²) in [6.07, 6.45) is 8.57. The summed E-state index contributed by atoms with van der Waals surface area (Å²) < 4.78 is 27.2. The van der Waals surface area contributed by atoms with Crippen LogP contribution in [0.25, 0.3) is 0 Å². The smallest absolute Gasteiger partial charge is 0.263 e. The molecule has 0 spiro atoms. The molecule has 10 heteroatoms. The van der Waals surface area contributed by atoms with E-state index in [-0.39, 0.29) is 28.5 Å². The van der Waals surface area contributed by atoms with Crippen molar-refractivity contribution < 1.29 is 18.0 Å². The first-order valence-electron chi connectivity index (χ1n) is 11.4. The fourth-order valence-corrected chi connectivity index (χ4v) is 8.04. The molecule has 0 saturated heterocycles. The first kappa shape index (κ1) is 22.3. The number of benzene rings is 1. The molecule has 0 aliphatic heterocycles. The van der Waals surface area contributed by atoms with Crippen LogP contribution in [0.15, 0.2) is 40.7 Å². The van der Waals surface area contributed by atoms with E-state index in [4.69, 9.17) is 0 Å². The van der Waals surface area contributed by atoms with Gasteiger partial charge in [0.1, 0.15) is 0 Å². The number of carbonyl (C=O) groups is 2. The highest BCUT2D eigenvalue weighted by molar-refractivity contribution is 7.93. The number of amides is 2. The van der Waals surface area contributed by atoms with Gasteiger partial charge in [0.15, 0.2) is 5.13 Å². The molecular weight excluding hydrogens is 460 g/mol. The Morgan fingerprint density at radius 2 is 1.67 bits per heavy atom. The Balaban J connectivity index is 1.10.